The molecule has 0 N–H and O–H groups in total. The molecule has 2 atom stereocenters. The molecule has 0 amide bonds. The van der Waals surface area contributed by atoms with E-state index in [2.05, 4.69) is 6.92 Å². The standard InChI is InChI=1S/C13H22O3S/c1-10(8-12(14)15-2)17-11-4-7-16-13(9-11)5-3-6-13/h10-11H,3-9H2,1-2H3. The zero-order chi connectivity index (χ0) is 12.3. The van der Waals surface area contributed by atoms with E-state index in [1.165, 1.54) is 32.8 Å². The van der Waals surface area contributed by atoms with Gasteiger partial charge < -0.3 is 9.47 Å². The maximum atomic E-state index is 11.2. The second-order valence-electron chi connectivity index (χ2n) is 5.23. The molecular formula is C13H22O3S. The van der Waals surface area contributed by atoms with Crippen LogP contribution >= 0.6 is 11.8 Å². The summed E-state index contributed by atoms with van der Waals surface area (Å²) >= 11 is 1.93. The molecule has 1 spiro atoms. The van der Waals surface area contributed by atoms with Crippen LogP contribution in [0, 0.1) is 0 Å². The molecule has 1 aliphatic carbocycles. The minimum absolute atomic E-state index is 0.101. The Morgan fingerprint density at radius 3 is 2.94 bits per heavy atom. The summed E-state index contributed by atoms with van der Waals surface area (Å²) in [4.78, 5) is 11.2. The van der Waals surface area contributed by atoms with Crippen molar-refractivity contribution in [3.05, 3.63) is 0 Å². The van der Waals surface area contributed by atoms with Crippen LogP contribution in [0.15, 0.2) is 0 Å². The number of carbonyl (C=O) groups excluding carboxylic acids is 1. The van der Waals surface area contributed by atoms with Gasteiger partial charge in [0.25, 0.3) is 0 Å². The van der Waals surface area contributed by atoms with Gasteiger partial charge in [-0.15, -0.1) is 0 Å². The molecule has 1 saturated carbocycles. The van der Waals surface area contributed by atoms with Crippen molar-refractivity contribution >= 4 is 17.7 Å². The molecule has 2 rings (SSSR count). The smallest absolute Gasteiger partial charge is 0.306 e. The quantitative estimate of drug-likeness (QED) is 0.726. The van der Waals surface area contributed by atoms with Gasteiger partial charge in [0.1, 0.15) is 0 Å². The van der Waals surface area contributed by atoms with Crippen LogP contribution in [0.4, 0.5) is 0 Å². The molecule has 3 nitrogen and oxygen atoms in total. The molecule has 98 valence electrons. The highest BCUT2D eigenvalue weighted by Crippen LogP contribution is 2.45. The van der Waals surface area contributed by atoms with Crippen molar-refractivity contribution in [3.8, 4) is 0 Å². The van der Waals surface area contributed by atoms with E-state index in [-0.39, 0.29) is 11.6 Å². The Morgan fingerprint density at radius 2 is 2.35 bits per heavy atom. The second kappa shape index (κ2) is 5.61. The number of thioether (sulfide) groups is 1. The van der Waals surface area contributed by atoms with E-state index in [1.807, 2.05) is 11.8 Å². The van der Waals surface area contributed by atoms with Gasteiger partial charge in [0.05, 0.1) is 19.1 Å². The van der Waals surface area contributed by atoms with E-state index in [9.17, 15) is 4.79 Å². The number of ether oxygens (including phenoxy) is 2. The van der Waals surface area contributed by atoms with Crippen LogP contribution in [0.3, 0.4) is 0 Å². The molecule has 17 heavy (non-hydrogen) atoms. The van der Waals surface area contributed by atoms with Crippen molar-refractivity contribution in [2.75, 3.05) is 13.7 Å². The Kier molecular flexibility index (Phi) is 4.36. The van der Waals surface area contributed by atoms with Crippen LogP contribution in [-0.4, -0.2) is 35.8 Å². The van der Waals surface area contributed by atoms with Crippen molar-refractivity contribution < 1.29 is 14.3 Å². The summed E-state index contributed by atoms with van der Waals surface area (Å²) in [5.41, 5.74) is 0.209. The Labute approximate surface area is 108 Å². The van der Waals surface area contributed by atoms with Crippen molar-refractivity contribution in [3.63, 3.8) is 0 Å². The zero-order valence-electron chi connectivity index (χ0n) is 10.7. The van der Waals surface area contributed by atoms with Crippen LogP contribution in [0.25, 0.3) is 0 Å². The average molecular weight is 258 g/mol. The molecule has 2 aliphatic rings. The highest BCUT2D eigenvalue weighted by Gasteiger charge is 2.42. The molecule has 0 aromatic heterocycles. The summed E-state index contributed by atoms with van der Waals surface area (Å²) < 4.78 is 10.6. The number of hydrogen-bond donors (Lipinski definition) is 0. The van der Waals surface area contributed by atoms with Crippen LogP contribution in [0.2, 0.25) is 0 Å². The van der Waals surface area contributed by atoms with Crippen LogP contribution in [0.1, 0.15) is 45.4 Å². The zero-order valence-corrected chi connectivity index (χ0v) is 11.6. The predicted octanol–water partition coefficient (Wildman–Crippen LogP) is 2.77. The molecule has 0 aromatic rings. The third kappa shape index (κ3) is 3.38. The maximum Gasteiger partial charge on any atom is 0.306 e. The number of methoxy groups -OCH3 is 1. The third-order valence-electron chi connectivity index (χ3n) is 3.82. The fourth-order valence-corrected chi connectivity index (χ4v) is 4.23. The summed E-state index contributed by atoms with van der Waals surface area (Å²) in [6.45, 7) is 3.01. The van der Waals surface area contributed by atoms with Gasteiger partial charge in [0.2, 0.25) is 0 Å². The van der Waals surface area contributed by atoms with E-state index in [1.54, 1.807) is 0 Å². The molecule has 0 radical (unpaired) electrons. The van der Waals surface area contributed by atoms with E-state index in [0.717, 1.165) is 13.0 Å². The Morgan fingerprint density at radius 1 is 1.59 bits per heavy atom. The first-order chi connectivity index (χ1) is 8.13. The summed E-state index contributed by atoms with van der Waals surface area (Å²) in [6.07, 6.45) is 6.59. The lowest BCUT2D eigenvalue weighted by molar-refractivity contribution is -0.140. The molecule has 2 fully saturated rings. The SMILES string of the molecule is COC(=O)CC(C)SC1CCOC2(CCC2)C1. The van der Waals surface area contributed by atoms with E-state index >= 15 is 0 Å². The lowest BCUT2D eigenvalue weighted by Crippen LogP contribution is -2.46. The largest absolute Gasteiger partial charge is 0.469 e. The fraction of sp³-hybridized carbons (Fsp3) is 0.923. The van der Waals surface area contributed by atoms with Crippen molar-refractivity contribution in [1.82, 2.24) is 0 Å². The molecule has 0 bridgehead atoms. The minimum atomic E-state index is -0.101. The van der Waals surface area contributed by atoms with Crippen LogP contribution in [-0.2, 0) is 14.3 Å². The predicted molar refractivity (Wildman–Crippen MR) is 69.2 cm³/mol. The van der Waals surface area contributed by atoms with Crippen molar-refractivity contribution in [2.45, 2.75) is 61.5 Å². The van der Waals surface area contributed by atoms with E-state index in [0.29, 0.717) is 16.9 Å². The number of hydrogen-bond acceptors (Lipinski definition) is 4. The van der Waals surface area contributed by atoms with Crippen molar-refractivity contribution in [1.29, 1.82) is 0 Å². The lowest BCUT2D eigenvalue weighted by atomic mass is 9.75. The Bertz CT molecular complexity index is 276. The number of carbonyl (C=O) groups is 1. The van der Waals surface area contributed by atoms with Gasteiger partial charge >= 0.3 is 5.97 Å². The molecule has 1 heterocycles. The Hall–Kier alpha value is -0.220. The molecule has 1 aliphatic heterocycles. The fourth-order valence-electron chi connectivity index (χ4n) is 2.71. The van der Waals surface area contributed by atoms with E-state index < -0.39 is 0 Å². The van der Waals surface area contributed by atoms with Gasteiger partial charge in [-0.2, -0.15) is 11.8 Å². The van der Waals surface area contributed by atoms with Crippen molar-refractivity contribution in [2.24, 2.45) is 0 Å². The lowest BCUT2D eigenvalue weighted by Gasteiger charge is -2.47. The summed E-state index contributed by atoms with van der Waals surface area (Å²) in [5.74, 6) is -0.101. The first-order valence-electron chi connectivity index (χ1n) is 6.50. The summed E-state index contributed by atoms with van der Waals surface area (Å²) in [6, 6.07) is 0. The minimum Gasteiger partial charge on any atom is -0.469 e. The van der Waals surface area contributed by atoms with Gasteiger partial charge in [-0.25, -0.2) is 0 Å². The molecule has 2 unspecified atom stereocenters. The number of rotatable bonds is 4. The van der Waals surface area contributed by atoms with Gasteiger partial charge in [-0.1, -0.05) is 6.92 Å². The van der Waals surface area contributed by atoms with Gasteiger partial charge in [-0.05, 0) is 32.1 Å². The van der Waals surface area contributed by atoms with Gasteiger partial charge in [-0.3, -0.25) is 4.79 Å². The Balaban J connectivity index is 1.76. The van der Waals surface area contributed by atoms with Crippen LogP contribution in [0.5, 0.6) is 0 Å². The maximum absolute atomic E-state index is 11.2. The average Bonchev–Trinajstić information content (AvgIpc) is 2.27. The van der Waals surface area contributed by atoms with Crippen LogP contribution < -0.4 is 0 Å². The summed E-state index contributed by atoms with van der Waals surface area (Å²) in [5, 5.41) is 1.01. The molecule has 1 saturated heterocycles. The first-order valence-corrected chi connectivity index (χ1v) is 7.44. The molecule has 0 aromatic carbocycles. The normalized spacial score (nSPS) is 28.5. The molecule has 4 heteroatoms. The topological polar surface area (TPSA) is 35.5 Å². The first kappa shape index (κ1) is 13.2. The van der Waals surface area contributed by atoms with Gasteiger partial charge in [0.15, 0.2) is 0 Å². The second-order valence-corrected chi connectivity index (χ2v) is 6.97. The number of esters is 1. The van der Waals surface area contributed by atoms with E-state index in [4.69, 9.17) is 9.47 Å². The third-order valence-corrected chi connectivity index (χ3v) is 5.24. The summed E-state index contributed by atoms with van der Waals surface area (Å²) in [7, 11) is 1.46. The highest BCUT2D eigenvalue weighted by molar-refractivity contribution is 8.00. The highest BCUT2D eigenvalue weighted by atomic mass is 32.2. The monoisotopic (exact) mass is 258 g/mol. The van der Waals surface area contributed by atoms with Gasteiger partial charge in [0, 0.05) is 17.1 Å². The molecular weight excluding hydrogens is 236 g/mol.